The number of aromatic nitrogens is 3. The second kappa shape index (κ2) is 8.84. The van der Waals surface area contributed by atoms with E-state index in [1.807, 2.05) is 25.1 Å². The third-order valence-electron chi connectivity index (χ3n) is 6.81. The second-order valence-corrected chi connectivity index (χ2v) is 9.24. The average molecular weight is 448 g/mol. The Morgan fingerprint density at radius 1 is 1.21 bits per heavy atom. The number of pyridine rings is 1. The molecule has 1 atom stereocenters. The van der Waals surface area contributed by atoms with Gasteiger partial charge in [0.1, 0.15) is 16.9 Å². The van der Waals surface area contributed by atoms with Gasteiger partial charge in [-0.3, -0.25) is 19.3 Å². The maximum absolute atomic E-state index is 13.7. The standard InChI is InChI=1S/C25H29N5O3/c1-25(24(32)27-19-9-4-2-3-5-10-19)17-30-21(14-20(28-30)22-11-7-13-33-22)23(31)29(25)16-18-8-6-12-26-15-18/h6-8,11-15,19H,2-5,9-10,16-17H2,1H3,(H,27,32). The fourth-order valence-electron chi connectivity index (χ4n) is 4.87. The van der Waals surface area contributed by atoms with Crippen LogP contribution < -0.4 is 5.32 Å². The summed E-state index contributed by atoms with van der Waals surface area (Å²) in [5, 5.41) is 7.87. The SMILES string of the molecule is CC1(C(=O)NC2CCCCCC2)Cn2nc(-c3ccco3)cc2C(=O)N1Cc1cccnc1. The summed E-state index contributed by atoms with van der Waals surface area (Å²) in [5.74, 6) is 0.231. The third kappa shape index (κ3) is 4.17. The number of nitrogens with zero attached hydrogens (tertiary/aromatic N) is 4. The van der Waals surface area contributed by atoms with Gasteiger partial charge in [0, 0.05) is 31.0 Å². The minimum Gasteiger partial charge on any atom is -0.463 e. The van der Waals surface area contributed by atoms with Crippen LogP contribution in [0.25, 0.3) is 11.5 Å². The van der Waals surface area contributed by atoms with Crippen LogP contribution in [0.5, 0.6) is 0 Å². The van der Waals surface area contributed by atoms with Crippen molar-refractivity contribution in [2.75, 3.05) is 0 Å². The molecule has 8 nitrogen and oxygen atoms in total. The van der Waals surface area contributed by atoms with Gasteiger partial charge < -0.3 is 14.6 Å². The van der Waals surface area contributed by atoms with E-state index in [4.69, 9.17) is 4.42 Å². The minimum absolute atomic E-state index is 0.132. The van der Waals surface area contributed by atoms with Crippen molar-refractivity contribution >= 4 is 11.8 Å². The Hall–Kier alpha value is -3.42. The zero-order chi connectivity index (χ0) is 22.8. The number of carbonyl (C=O) groups is 2. The van der Waals surface area contributed by atoms with Gasteiger partial charge in [-0.2, -0.15) is 5.10 Å². The highest BCUT2D eigenvalue weighted by Gasteiger charge is 2.48. The fraction of sp³-hybridized carbons (Fsp3) is 0.440. The smallest absolute Gasteiger partial charge is 0.273 e. The summed E-state index contributed by atoms with van der Waals surface area (Å²) in [5.41, 5.74) is 0.820. The van der Waals surface area contributed by atoms with E-state index in [-0.39, 0.29) is 24.4 Å². The van der Waals surface area contributed by atoms with Crippen molar-refractivity contribution in [2.24, 2.45) is 0 Å². The highest BCUT2D eigenvalue weighted by molar-refractivity contribution is 6.00. The van der Waals surface area contributed by atoms with E-state index in [1.54, 1.807) is 40.4 Å². The molecule has 0 saturated heterocycles. The van der Waals surface area contributed by atoms with Crippen molar-refractivity contribution in [1.82, 2.24) is 25.0 Å². The molecule has 1 aliphatic heterocycles. The van der Waals surface area contributed by atoms with Crippen molar-refractivity contribution in [3.63, 3.8) is 0 Å². The van der Waals surface area contributed by atoms with E-state index in [0.717, 1.165) is 31.2 Å². The summed E-state index contributed by atoms with van der Waals surface area (Å²) < 4.78 is 7.12. The van der Waals surface area contributed by atoms with E-state index in [1.165, 1.54) is 12.8 Å². The summed E-state index contributed by atoms with van der Waals surface area (Å²) in [6, 6.07) is 9.24. The molecule has 3 aromatic rings. The van der Waals surface area contributed by atoms with Gasteiger partial charge in [0.15, 0.2) is 5.76 Å². The molecule has 0 aromatic carbocycles. The first-order valence-corrected chi connectivity index (χ1v) is 11.7. The highest BCUT2D eigenvalue weighted by atomic mass is 16.3. The molecule has 1 fully saturated rings. The molecule has 1 saturated carbocycles. The molecule has 8 heteroatoms. The number of hydrogen-bond acceptors (Lipinski definition) is 5. The Labute approximate surface area is 193 Å². The van der Waals surface area contributed by atoms with E-state index < -0.39 is 5.54 Å². The number of amides is 2. The minimum atomic E-state index is -1.08. The predicted octanol–water partition coefficient (Wildman–Crippen LogP) is 3.79. The molecule has 4 heterocycles. The summed E-state index contributed by atoms with van der Waals surface area (Å²) >= 11 is 0. The lowest BCUT2D eigenvalue weighted by Crippen LogP contribution is -2.64. The lowest BCUT2D eigenvalue weighted by Gasteiger charge is -2.43. The number of fused-ring (bicyclic) bond motifs is 1. The number of rotatable bonds is 5. The van der Waals surface area contributed by atoms with Crippen molar-refractivity contribution in [1.29, 1.82) is 0 Å². The molecule has 172 valence electrons. The van der Waals surface area contributed by atoms with Gasteiger partial charge >= 0.3 is 0 Å². The Balaban J connectivity index is 1.49. The normalized spacial score (nSPS) is 21.5. The maximum Gasteiger partial charge on any atom is 0.273 e. The quantitative estimate of drug-likeness (QED) is 0.601. The average Bonchev–Trinajstić information content (AvgIpc) is 3.43. The van der Waals surface area contributed by atoms with Crippen LogP contribution >= 0.6 is 0 Å². The molecule has 33 heavy (non-hydrogen) atoms. The van der Waals surface area contributed by atoms with Crippen LogP contribution in [-0.2, 0) is 17.9 Å². The van der Waals surface area contributed by atoms with Crippen molar-refractivity contribution in [3.05, 3.63) is 60.2 Å². The predicted molar refractivity (Wildman–Crippen MR) is 122 cm³/mol. The number of hydrogen-bond donors (Lipinski definition) is 1. The topological polar surface area (TPSA) is 93.3 Å². The molecule has 0 bridgehead atoms. The molecular weight excluding hydrogens is 418 g/mol. The van der Waals surface area contributed by atoms with Crippen molar-refractivity contribution in [2.45, 2.75) is 70.1 Å². The van der Waals surface area contributed by atoms with Crippen LogP contribution in [-0.4, -0.2) is 43.1 Å². The summed E-state index contributed by atoms with van der Waals surface area (Å²) in [4.78, 5) is 33.3. The van der Waals surface area contributed by atoms with E-state index in [2.05, 4.69) is 15.4 Å². The second-order valence-electron chi connectivity index (χ2n) is 9.24. The highest BCUT2D eigenvalue weighted by Crippen LogP contribution is 2.32. The van der Waals surface area contributed by atoms with Gasteiger partial charge in [-0.05, 0) is 43.5 Å². The Kier molecular flexibility index (Phi) is 5.74. The Bertz CT molecular complexity index is 1120. The third-order valence-corrected chi connectivity index (χ3v) is 6.81. The molecule has 0 spiro atoms. The Morgan fingerprint density at radius 3 is 2.73 bits per heavy atom. The lowest BCUT2D eigenvalue weighted by atomic mass is 9.93. The first-order chi connectivity index (χ1) is 16.0. The molecule has 5 rings (SSSR count). The van der Waals surface area contributed by atoms with Gasteiger partial charge in [0.2, 0.25) is 5.91 Å². The van der Waals surface area contributed by atoms with Crippen LogP contribution in [0.3, 0.4) is 0 Å². The molecule has 2 amide bonds. The summed E-state index contributed by atoms with van der Waals surface area (Å²) in [6.45, 7) is 2.40. The molecule has 2 aliphatic rings. The van der Waals surface area contributed by atoms with E-state index >= 15 is 0 Å². The van der Waals surface area contributed by atoms with E-state index in [9.17, 15) is 9.59 Å². The summed E-state index contributed by atoms with van der Waals surface area (Å²) in [6.07, 6.45) is 11.6. The molecular formula is C25H29N5O3. The van der Waals surface area contributed by atoms with Crippen LogP contribution in [0.1, 0.15) is 61.5 Å². The van der Waals surface area contributed by atoms with Crippen molar-refractivity contribution in [3.8, 4) is 11.5 Å². The van der Waals surface area contributed by atoms with Gasteiger partial charge in [0.25, 0.3) is 5.91 Å². The van der Waals surface area contributed by atoms with Gasteiger partial charge in [0.05, 0.1) is 12.8 Å². The first kappa shape index (κ1) is 21.4. The fourth-order valence-corrected chi connectivity index (χ4v) is 4.87. The zero-order valence-corrected chi connectivity index (χ0v) is 18.9. The molecule has 1 unspecified atom stereocenters. The first-order valence-electron chi connectivity index (χ1n) is 11.7. The van der Waals surface area contributed by atoms with Crippen LogP contribution in [0.2, 0.25) is 0 Å². The number of furan rings is 1. The van der Waals surface area contributed by atoms with Crippen LogP contribution in [0, 0.1) is 0 Å². The largest absolute Gasteiger partial charge is 0.463 e. The number of carbonyl (C=O) groups excluding carboxylic acids is 2. The van der Waals surface area contributed by atoms with E-state index in [0.29, 0.717) is 23.7 Å². The van der Waals surface area contributed by atoms with Crippen molar-refractivity contribution < 1.29 is 14.0 Å². The Morgan fingerprint density at radius 2 is 2.03 bits per heavy atom. The van der Waals surface area contributed by atoms with Gasteiger partial charge in [-0.15, -0.1) is 0 Å². The van der Waals surface area contributed by atoms with Crippen LogP contribution in [0.15, 0.2) is 53.4 Å². The maximum atomic E-state index is 13.7. The summed E-state index contributed by atoms with van der Waals surface area (Å²) in [7, 11) is 0. The monoisotopic (exact) mass is 447 g/mol. The number of nitrogens with one attached hydrogen (secondary N) is 1. The molecule has 0 radical (unpaired) electrons. The molecule has 3 aromatic heterocycles. The molecule has 1 N–H and O–H groups in total. The molecule has 1 aliphatic carbocycles. The van der Waals surface area contributed by atoms with Crippen LogP contribution in [0.4, 0.5) is 0 Å². The van der Waals surface area contributed by atoms with Gasteiger partial charge in [-0.25, -0.2) is 0 Å². The zero-order valence-electron chi connectivity index (χ0n) is 18.9. The lowest BCUT2D eigenvalue weighted by molar-refractivity contribution is -0.134. The van der Waals surface area contributed by atoms with Gasteiger partial charge in [-0.1, -0.05) is 31.7 Å².